The molecular formula is C13H15ClFNO. The van der Waals surface area contributed by atoms with Crippen LogP contribution in [-0.2, 0) is 13.0 Å². The summed E-state index contributed by atoms with van der Waals surface area (Å²) >= 11 is 0. The third-order valence-electron chi connectivity index (χ3n) is 2.41. The van der Waals surface area contributed by atoms with Gasteiger partial charge in [-0.05, 0) is 36.7 Å². The summed E-state index contributed by atoms with van der Waals surface area (Å²) < 4.78 is 18.4. The van der Waals surface area contributed by atoms with Gasteiger partial charge >= 0.3 is 0 Å². The molecule has 2 rings (SSSR count). The van der Waals surface area contributed by atoms with Gasteiger partial charge < -0.3 is 9.73 Å². The Morgan fingerprint density at radius 2 is 1.94 bits per heavy atom. The molecule has 1 heterocycles. The summed E-state index contributed by atoms with van der Waals surface area (Å²) in [5.41, 5.74) is 0.745. The number of benzene rings is 1. The zero-order valence-electron chi connectivity index (χ0n) is 9.36. The Balaban J connectivity index is 0.00000144. The molecule has 0 saturated heterocycles. The highest BCUT2D eigenvalue weighted by atomic mass is 35.5. The van der Waals surface area contributed by atoms with Crippen LogP contribution in [0.5, 0.6) is 0 Å². The summed E-state index contributed by atoms with van der Waals surface area (Å²) in [7, 11) is 0. The van der Waals surface area contributed by atoms with E-state index in [2.05, 4.69) is 5.32 Å². The van der Waals surface area contributed by atoms with E-state index in [1.165, 1.54) is 6.07 Å². The molecule has 17 heavy (non-hydrogen) atoms. The molecule has 0 bridgehead atoms. The van der Waals surface area contributed by atoms with Crippen molar-refractivity contribution in [3.8, 4) is 0 Å². The lowest BCUT2D eigenvalue weighted by Crippen LogP contribution is -2.16. The number of rotatable bonds is 5. The maximum Gasteiger partial charge on any atom is 0.126 e. The SMILES string of the molecule is Cl.Fc1ccccc1CCNCc1ccco1. The molecule has 0 saturated carbocycles. The number of nitrogens with one attached hydrogen (secondary N) is 1. The number of hydrogen-bond donors (Lipinski definition) is 1. The van der Waals surface area contributed by atoms with Crippen LogP contribution >= 0.6 is 12.4 Å². The van der Waals surface area contributed by atoms with Gasteiger partial charge in [-0.15, -0.1) is 12.4 Å². The van der Waals surface area contributed by atoms with Gasteiger partial charge in [0.2, 0.25) is 0 Å². The largest absolute Gasteiger partial charge is 0.468 e. The highest BCUT2D eigenvalue weighted by Crippen LogP contribution is 2.06. The molecule has 2 aromatic rings. The first-order chi connectivity index (χ1) is 7.86. The van der Waals surface area contributed by atoms with Crippen molar-refractivity contribution in [1.29, 1.82) is 0 Å². The fourth-order valence-electron chi connectivity index (χ4n) is 1.55. The normalized spacial score (nSPS) is 9.94. The van der Waals surface area contributed by atoms with E-state index in [1.54, 1.807) is 12.3 Å². The molecule has 2 nitrogen and oxygen atoms in total. The molecule has 0 radical (unpaired) electrons. The summed E-state index contributed by atoms with van der Waals surface area (Å²) in [6.07, 6.45) is 2.33. The molecule has 1 N–H and O–H groups in total. The summed E-state index contributed by atoms with van der Waals surface area (Å²) in [6.45, 7) is 1.42. The highest BCUT2D eigenvalue weighted by molar-refractivity contribution is 5.85. The average molecular weight is 256 g/mol. The maximum absolute atomic E-state index is 13.2. The molecule has 0 amide bonds. The molecule has 1 aromatic carbocycles. The van der Waals surface area contributed by atoms with Crippen molar-refractivity contribution in [3.05, 3.63) is 59.8 Å². The van der Waals surface area contributed by atoms with Crippen molar-refractivity contribution in [2.45, 2.75) is 13.0 Å². The molecule has 0 atom stereocenters. The van der Waals surface area contributed by atoms with Crippen LogP contribution in [0.15, 0.2) is 47.1 Å². The summed E-state index contributed by atoms with van der Waals surface area (Å²) in [4.78, 5) is 0. The first-order valence-corrected chi connectivity index (χ1v) is 5.33. The van der Waals surface area contributed by atoms with Gasteiger partial charge in [0.05, 0.1) is 12.8 Å². The smallest absolute Gasteiger partial charge is 0.126 e. The van der Waals surface area contributed by atoms with Crippen LogP contribution in [0.2, 0.25) is 0 Å². The standard InChI is InChI=1S/C13H14FNO.ClH/c14-13-6-2-1-4-11(13)7-8-15-10-12-5-3-9-16-12;/h1-6,9,15H,7-8,10H2;1H. The molecule has 0 aliphatic rings. The molecule has 1 aromatic heterocycles. The quantitative estimate of drug-likeness (QED) is 0.831. The third kappa shape index (κ3) is 4.21. The second kappa shape index (κ2) is 7.09. The van der Waals surface area contributed by atoms with E-state index in [0.29, 0.717) is 13.0 Å². The van der Waals surface area contributed by atoms with Gasteiger partial charge in [0, 0.05) is 0 Å². The number of hydrogen-bond acceptors (Lipinski definition) is 2. The molecule has 0 fully saturated rings. The van der Waals surface area contributed by atoms with Gasteiger partial charge in [0.1, 0.15) is 11.6 Å². The zero-order valence-corrected chi connectivity index (χ0v) is 10.2. The molecule has 0 spiro atoms. The van der Waals surface area contributed by atoms with Crippen molar-refractivity contribution < 1.29 is 8.81 Å². The molecule has 92 valence electrons. The van der Waals surface area contributed by atoms with E-state index in [-0.39, 0.29) is 18.2 Å². The Morgan fingerprint density at radius 1 is 1.12 bits per heavy atom. The highest BCUT2D eigenvalue weighted by Gasteiger charge is 2.00. The van der Waals surface area contributed by atoms with Crippen molar-refractivity contribution in [2.24, 2.45) is 0 Å². The fraction of sp³-hybridized carbons (Fsp3) is 0.231. The minimum absolute atomic E-state index is 0. The Kier molecular flexibility index (Phi) is 5.73. The predicted octanol–water partition coefficient (Wildman–Crippen LogP) is 3.17. The van der Waals surface area contributed by atoms with Crippen LogP contribution in [0.4, 0.5) is 4.39 Å². The van der Waals surface area contributed by atoms with Crippen LogP contribution in [0.1, 0.15) is 11.3 Å². The monoisotopic (exact) mass is 255 g/mol. The Bertz CT molecular complexity index is 431. The minimum Gasteiger partial charge on any atom is -0.468 e. The summed E-state index contributed by atoms with van der Waals surface area (Å²) in [6, 6.07) is 10.6. The van der Waals surface area contributed by atoms with Crippen molar-refractivity contribution >= 4 is 12.4 Å². The lowest BCUT2D eigenvalue weighted by atomic mass is 10.1. The fourth-order valence-corrected chi connectivity index (χ4v) is 1.55. The van der Waals surface area contributed by atoms with E-state index in [4.69, 9.17) is 4.42 Å². The predicted molar refractivity (Wildman–Crippen MR) is 67.8 cm³/mol. The van der Waals surface area contributed by atoms with Crippen LogP contribution in [-0.4, -0.2) is 6.54 Å². The Hall–Kier alpha value is -1.32. The number of furan rings is 1. The van der Waals surface area contributed by atoms with Gasteiger partial charge in [0.15, 0.2) is 0 Å². The molecule has 0 aliphatic carbocycles. The molecule has 0 unspecified atom stereocenters. The van der Waals surface area contributed by atoms with E-state index in [1.807, 2.05) is 24.3 Å². The van der Waals surface area contributed by atoms with Crippen molar-refractivity contribution in [1.82, 2.24) is 5.32 Å². The van der Waals surface area contributed by atoms with Crippen molar-refractivity contribution in [2.75, 3.05) is 6.54 Å². The third-order valence-corrected chi connectivity index (χ3v) is 2.41. The molecular weight excluding hydrogens is 241 g/mol. The van der Waals surface area contributed by atoms with Crippen molar-refractivity contribution in [3.63, 3.8) is 0 Å². The first-order valence-electron chi connectivity index (χ1n) is 5.33. The first kappa shape index (κ1) is 13.7. The summed E-state index contributed by atoms with van der Waals surface area (Å²) in [5, 5.41) is 3.20. The molecule has 0 aliphatic heterocycles. The van der Waals surface area contributed by atoms with E-state index in [9.17, 15) is 4.39 Å². The maximum atomic E-state index is 13.2. The lowest BCUT2D eigenvalue weighted by Gasteiger charge is -2.04. The van der Waals surface area contributed by atoms with Crippen LogP contribution in [0.25, 0.3) is 0 Å². The Morgan fingerprint density at radius 3 is 2.65 bits per heavy atom. The topological polar surface area (TPSA) is 25.2 Å². The minimum atomic E-state index is -0.137. The van der Waals surface area contributed by atoms with Gasteiger partial charge in [0.25, 0.3) is 0 Å². The average Bonchev–Trinajstić information content (AvgIpc) is 2.79. The zero-order chi connectivity index (χ0) is 11.2. The van der Waals surface area contributed by atoms with Crippen LogP contribution in [0.3, 0.4) is 0 Å². The van der Waals surface area contributed by atoms with Gasteiger partial charge in [-0.3, -0.25) is 0 Å². The lowest BCUT2D eigenvalue weighted by molar-refractivity contribution is 0.483. The van der Waals surface area contributed by atoms with E-state index < -0.39 is 0 Å². The Labute approximate surface area is 106 Å². The van der Waals surface area contributed by atoms with Gasteiger partial charge in [-0.1, -0.05) is 18.2 Å². The molecule has 4 heteroatoms. The van der Waals surface area contributed by atoms with E-state index >= 15 is 0 Å². The van der Waals surface area contributed by atoms with Gasteiger partial charge in [-0.25, -0.2) is 4.39 Å². The second-order valence-corrected chi connectivity index (χ2v) is 3.60. The second-order valence-electron chi connectivity index (χ2n) is 3.60. The van der Waals surface area contributed by atoms with E-state index in [0.717, 1.165) is 17.9 Å². The van der Waals surface area contributed by atoms with Gasteiger partial charge in [-0.2, -0.15) is 0 Å². The summed E-state index contributed by atoms with van der Waals surface area (Å²) in [5.74, 6) is 0.760. The number of halogens is 2. The van der Waals surface area contributed by atoms with Crippen LogP contribution < -0.4 is 5.32 Å². The van der Waals surface area contributed by atoms with Crippen LogP contribution in [0, 0.1) is 5.82 Å².